The van der Waals surface area contributed by atoms with Gasteiger partial charge in [0.25, 0.3) is 0 Å². The molecular weight excluding hydrogens is 437 g/mol. The van der Waals surface area contributed by atoms with E-state index in [0.717, 1.165) is 24.8 Å². The van der Waals surface area contributed by atoms with Gasteiger partial charge in [0.05, 0.1) is 12.1 Å². The van der Waals surface area contributed by atoms with Crippen LogP contribution in [0.15, 0.2) is 54.6 Å². The quantitative estimate of drug-likeness (QED) is 0.749. The van der Waals surface area contributed by atoms with Gasteiger partial charge in [-0.15, -0.1) is 0 Å². The Morgan fingerprint density at radius 1 is 1.00 bits per heavy atom. The smallest absolute Gasteiger partial charge is 0.320 e. The highest BCUT2D eigenvalue weighted by Crippen LogP contribution is 2.35. The van der Waals surface area contributed by atoms with Gasteiger partial charge in [-0.3, -0.25) is 4.79 Å². The molecule has 1 unspecified atom stereocenters. The molecular formula is C26H30FN3O4. The number of nitrogens with one attached hydrogen (secondary N) is 1. The highest BCUT2D eigenvalue weighted by Gasteiger charge is 2.38. The predicted molar refractivity (Wildman–Crippen MR) is 124 cm³/mol. The number of carbonyl (C=O) groups excluding carboxylic acids is 2. The number of morpholine rings is 1. The summed E-state index contributed by atoms with van der Waals surface area (Å²) in [5.41, 5.74) is 1.08. The first kappa shape index (κ1) is 22.7. The zero-order valence-electron chi connectivity index (χ0n) is 19.1. The summed E-state index contributed by atoms with van der Waals surface area (Å²) in [6.07, 6.45) is 2.17. The van der Waals surface area contributed by atoms with Crippen molar-refractivity contribution in [3.63, 3.8) is 0 Å². The summed E-state index contributed by atoms with van der Waals surface area (Å²) < 4.78 is 25.3. The molecule has 3 heterocycles. The average molecular weight is 468 g/mol. The topological polar surface area (TPSA) is 71.1 Å². The predicted octanol–water partition coefficient (Wildman–Crippen LogP) is 3.37. The normalized spacial score (nSPS) is 24.2. The fourth-order valence-corrected chi connectivity index (χ4v) is 5.21. The number of amides is 3. The van der Waals surface area contributed by atoms with Gasteiger partial charge in [-0.2, -0.15) is 0 Å². The second-order valence-electron chi connectivity index (χ2n) is 9.27. The highest BCUT2D eigenvalue weighted by atomic mass is 19.1. The van der Waals surface area contributed by atoms with E-state index in [1.807, 2.05) is 28.0 Å². The summed E-state index contributed by atoms with van der Waals surface area (Å²) >= 11 is 0. The second kappa shape index (κ2) is 10.0. The lowest BCUT2D eigenvalue weighted by molar-refractivity contribution is -0.139. The van der Waals surface area contributed by atoms with Crippen LogP contribution in [0.4, 0.5) is 9.18 Å². The van der Waals surface area contributed by atoms with Crippen LogP contribution in [0.2, 0.25) is 0 Å². The molecule has 3 atom stereocenters. The number of hydrogen-bond acceptors (Lipinski definition) is 4. The van der Waals surface area contributed by atoms with E-state index in [2.05, 4.69) is 17.4 Å². The number of rotatable bonds is 4. The monoisotopic (exact) mass is 467 g/mol. The van der Waals surface area contributed by atoms with Gasteiger partial charge in [0.2, 0.25) is 5.91 Å². The van der Waals surface area contributed by atoms with Gasteiger partial charge in [-0.05, 0) is 49.1 Å². The zero-order chi connectivity index (χ0) is 23.5. The summed E-state index contributed by atoms with van der Waals surface area (Å²) in [7, 11) is 0. The summed E-state index contributed by atoms with van der Waals surface area (Å²) in [6, 6.07) is 16.1. The molecule has 3 saturated heterocycles. The molecule has 0 aliphatic carbocycles. The number of nitrogens with zero attached hydrogens (tertiary/aromatic N) is 2. The van der Waals surface area contributed by atoms with Crippen LogP contribution in [0.1, 0.15) is 30.9 Å². The Labute approximate surface area is 198 Å². The van der Waals surface area contributed by atoms with Crippen molar-refractivity contribution in [2.45, 2.75) is 37.5 Å². The minimum atomic E-state index is -0.293. The first-order valence-corrected chi connectivity index (χ1v) is 12.0. The molecule has 180 valence electrons. The van der Waals surface area contributed by atoms with Crippen molar-refractivity contribution < 1.29 is 23.5 Å². The first-order valence-electron chi connectivity index (χ1n) is 12.0. The number of ether oxygens (including phenoxy) is 2. The fraction of sp³-hybridized carbons (Fsp3) is 0.462. The Morgan fingerprint density at radius 3 is 2.44 bits per heavy atom. The van der Waals surface area contributed by atoms with Crippen LogP contribution in [0.25, 0.3) is 0 Å². The molecule has 1 N–H and O–H groups in total. The van der Waals surface area contributed by atoms with Crippen molar-refractivity contribution in [1.29, 1.82) is 0 Å². The van der Waals surface area contributed by atoms with E-state index >= 15 is 0 Å². The van der Waals surface area contributed by atoms with Gasteiger partial charge in [0.15, 0.2) is 0 Å². The van der Waals surface area contributed by atoms with Crippen molar-refractivity contribution in [3.05, 3.63) is 66.0 Å². The van der Waals surface area contributed by atoms with Crippen molar-refractivity contribution in [2.75, 3.05) is 32.8 Å². The van der Waals surface area contributed by atoms with Crippen LogP contribution in [0.3, 0.4) is 0 Å². The largest absolute Gasteiger partial charge is 0.485 e. The van der Waals surface area contributed by atoms with Crippen LogP contribution < -0.4 is 10.1 Å². The summed E-state index contributed by atoms with van der Waals surface area (Å²) in [5.74, 6) is 0.449. The lowest BCUT2D eigenvalue weighted by Gasteiger charge is -2.44. The van der Waals surface area contributed by atoms with Crippen LogP contribution in [0, 0.1) is 11.7 Å². The third kappa shape index (κ3) is 5.01. The molecule has 3 fully saturated rings. The van der Waals surface area contributed by atoms with E-state index in [1.54, 1.807) is 12.1 Å². The van der Waals surface area contributed by atoms with Gasteiger partial charge in [0, 0.05) is 32.1 Å². The zero-order valence-corrected chi connectivity index (χ0v) is 19.1. The third-order valence-electron chi connectivity index (χ3n) is 7.04. The van der Waals surface area contributed by atoms with Crippen LogP contribution in [0.5, 0.6) is 5.75 Å². The molecule has 0 saturated carbocycles. The molecule has 2 aromatic rings. The molecule has 5 rings (SSSR count). The standard InChI is InChI=1S/C26H30FN3O4/c27-20-6-8-21(9-7-20)34-25(18-4-2-1-3-5-18)19-10-13-29(14-11-19)26(32)30-15-12-23-22(16-30)28-24(31)17-33-23/h1-9,19,22-23,25H,10-17H2,(H,28,31)/t22-,23+,25?/m1/s1. The van der Waals surface area contributed by atoms with Gasteiger partial charge in [-0.25, -0.2) is 9.18 Å². The maximum absolute atomic E-state index is 13.4. The highest BCUT2D eigenvalue weighted by molar-refractivity contribution is 5.79. The average Bonchev–Trinajstić information content (AvgIpc) is 2.88. The van der Waals surface area contributed by atoms with E-state index < -0.39 is 0 Å². The van der Waals surface area contributed by atoms with Gasteiger partial charge in [0.1, 0.15) is 24.3 Å². The molecule has 7 nitrogen and oxygen atoms in total. The van der Waals surface area contributed by atoms with E-state index in [4.69, 9.17) is 9.47 Å². The fourth-order valence-electron chi connectivity index (χ4n) is 5.21. The molecule has 34 heavy (non-hydrogen) atoms. The number of benzene rings is 2. The molecule has 2 aromatic carbocycles. The minimum Gasteiger partial charge on any atom is -0.485 e. The summed E-state index contributed by atoms with van der Waals surface area (Å²) in [5, 5.41) is 2.96. The molecule has 0 aromatic heterocycles. The SMILES string of the molecule is O=C1CO[C@H]2CCN(C(=O)N3CCC(C(Oc4ccc(F)cc4)c4ccccc4)CC3)C[C@H]2N1. The van der Waals surface area contributed by atoms with E-state index in [9.17, 15) is 14.0 Å². The van der Waals surface area contributed by atoms with Gasteiger partial charge < -0.3 is 24.6 Å². The molecule has 0 radical (unpaired) electrons. The molecule has 3 amide bonds. The van der Waals surface area contributed by atoms with Crippen LogP contribution >= 0.6 is 0 Å². The maximum Gasteiger partial charge on any atom is 0.320 e. The van der Waals surface area contributed by atoms with E-state index in [0.29, 0.717) is 31.9 Å². The second-order valence-corrected chi connectivity index (χ2v) is 9.27. The van der Waals surface area contributed by atoms with Crippen LogP contribution in [-0.2, 0) is 9.53 Å². The lowest BCUT2D eigenvalue weighted by Crippen LogP contribution is -2.62. The number of carbonyl (C=O) groups is 2. The molecule has 8 heteroatoms. The first-order chi connectivity index (χ1) is 16.6. The molecule has 0 bridgehead atoms. The minimum absolute atomic E-state index is 0.0114. The lowest BCUT2D eigenvalue weighted by atomic mass is 9.87. The molecule has 0 spiro atoms. The number of likely N-dealkylation sites (tertiary alicyclic amines) is 2. The van der Waals surface area contributed by atoms with Crippen molar-refractivity contribution in [3.8, 4) is 5.75 Å². The maximum atomic E-state index is 13.4. The van der Waals surface area contributed by atoms with Crippen LogP contribution in [-0.4, -0.2) is 66.7 Å². The summed E-state index contributed by atoms with van der Waals surface area (Å²) in [6.45, 7) is 2.51. The summed E-state index contributed by atoms with van der Waals surface area (Å²) in [4.78, 5) is 28.6. The number of halogens is 1. The number of piperidine rings is 2. The van der Waals surface area contributed by atoms with Gasteiger partial charge in [-0.1, -0.05) is 30.3 Å². The number of fused-ring (bicyclic) bond motifs is 1. The Hall–Kier alpha value is -3.13. The number of hydrogen-bond donors (Lipinski definition) is 1. The number of urea groups is 1. The Morgan fingerprint density at radius 2 is 1.71 bits per heavy atom. The Balaban J connectivity index is 1.22. The van der Waals surface area contributed by atoms with Crippen molar-refractivity contribution in [2.24, 2.45) is 5.92 Å². The molecule has 3 aliphatic rings. The Bertz CT molecular complexity index is 995. The molecule has 3 aliphatic heterocycles. The third-order valence-corrected chi connectivity index (χ3v) is 7.04. The van der Waals surface area contributed by atoms with Crippen molar-refractivity contribution in [1.82, 2.24) is 15.1 Å². The van der Waals surface area contributed by atoms with E-state index in [1.165, 1.54) is 12.1 Å². The van der Waals surface area contributed by atoms with E-state index in [-0.39, 0.29) is 48.5 Å². The Kier molecular flexibility index (Phi) is 6.67. The van der Waals surface area contributed by atoms with Gasteiger partial charge >= 0.3 is 6.03 Å². The van der Waals surface area contributed by atoms with Crippen molar-refractivity contribution >= 4 is 11.9 Å².